The first-order chi connectivity index (χ1) is 8.04. The van der Waals surface area contributed by atoms with Gasteiger partial charge in [0.25, 0.3) is 0 Å². The van der Waals surface area contributed by atoms with Crippen LogP contribution in [-0.4, -0.2) is 30.1 Å². The van der Waals surface area contributed by atoms with Crippen LogP contribution in [0.3, 0.4) is 0 Å². The number of carbonyl (C=O) groups excluding carboxylic acids is 1. The molecule has 1 amide bonds. The summed E-state index contributed by atoms with van der Waals surface area (Å²) < 4.78 is 0. The molecule has 0 aliphatic rings. The van der Waals surface area contributed by atoms with Crippen LogP contribution >= 0.6 is 0 Å². The van der Waals surface area contributed by atoms with Gasteiger partial charge in [-0.3, -0.25) is 9.59 Å². The number of carboxylic acid groups (broad SMARTS) is 1. The van der Waals surface area contributed by atoms with Crippen LogP contribution in [0.2, 0.25) is 0 Å². The van der Waals surface area contributed by atoms with Crippen molar-refractivity contribution in [3.63, 3.8) is 0 Å². The van der Waals surface area contributed by atoms with Crippen LogP contribution in [0.25, 0.3) is 0 Å². The molecule has 3 N–H and O–H groups in total. The van der Waals surface area contributed by atoms with Crippen molar-refractivity contribution in [1.29, 1.82) is 0 Å². The Labute approximate surface area is 99.8 Å². The highest BCUT2D eigenvalue weighted by Gasteiger charge is 2.17. The van der Waals surface area contributed by atoms with Crippen LogP contribution in [0.1, 0.15) is 12.0 Å². The monoisotopic (exact) mass is 236 g/mol. The van der Waals surface area contributed by atoms with Crippen LogP contribution in [0.15, 0.2) is 24.3 Å². The molecule has 17 heavy (non-hydrogen) atoms. The van der Waals surface area contributed by atoms with E-state index in [1.165, 1.54) is 4.90 Å². The van der Waals surface area contributed by atoms with Crippen LogP contribution < -0.4 is 10.6 Å². The highest BCUT2D eigenvalue weighted by molar-refractivity contribution is 5.97. The average Bonchev–Trinajstić information content (AvgIpc) is 2.27. The van der Waals surface area contributed by atoms with Gasteiger partial charge in [-0.15, -0.1) is 0 Å². The molecule has 0 saturated heterocycles. The fourth-order valence-electron chi connectivity index (χ4n) is 1.44. The Morgan fingerprint density at radius 2 is 1.88 bits per heavy atom. The molecular formula is C12H16N2O3. The predicted octanol–water partition coefficient (Wildman–Crippen LogP) is 0.761. The third-order valence-electron chi connectivity index (χ3n) is 2.30. The third-order valence-corrected chi connectivity index (χ3v) is 2.30. The van der Waals surface area contributed by atoms with E-state index in [9.17, 15) is 9.59 Å². The van der Waals surface area contributed by atoms with Gasteiger partial charge in [0.2, 0.25) is 5.91 Å². The molecule has 0 heterocycles. The van der Waals surface area contributed by atoms with Crippen LogP contribution in [0.5, 0.6) is 0 Å². The Morgan fingerprint density at radius 3 is 2.35 bits per heavy atom. The van der Waals surface area contributed by atoms with Crippen molar-refractivity contribution in [1.82, 2.24) is 0 Å². The predicted molar refractivity (Wildman–Crippen MR) is 64.8 cm³/mol. The molecule has 92 valence electrons. The molecule has 1 aromatic rings. The minimum absolute atomic E-state index is 0.140. The van der Waals surface area contributed by atoms with E-state index >= 15 is 0 Å². The van der Waals surface area contributed by atoms with Gasteiger partial charge in [-0.2, -0.15) is 0 Å². The van der Waals surface area contributed by atoms with Gasteiger partial charge >= 0.3 is 5.97 Å². The fraction of sp³-hybridized carbons (Fsp3) is 0.333. The van der Waals surface area contributed by atoms with Crippen molar-refractivity contribution in [2.45, 2.75) is 13.3 Å². The van der Waals surface area contributed by atoms with Crippen LogP contribution in [-0.2, 0) is 9.59 Å². The molecule has 0 aromatic heterocycles. The summed E-state index contributed by atoms with van der Waals surface area (Å²) in [5.41, 5.74) is 6.94. The topological polar surface area (TPSA) is 83.6 Å². The second kappa shape index (κ2) is 6.00. The summed E-state index contributed by atoms with van der Waals surface area (Å²) in [6.45, 7) is 1.79. The van der Waals surface area contributed by atoms with Crippen molar-refractivity contribution >= 4 is 17.6 Å². The zero-order chi connectivity index (χ0) is 12.8. The maximum atomic E-state index is 11.7. The van der Waals surface area contributed by atoms with Gasteiger partial charge in [-0.05, 0) is 19.1 Å². The van der Waals surface area contributed by atoms with Gasteiger partial charge in [-0.1, -0.05) is 17.7 Å². The number of benzene rings is 1. The van der Waals surface area contributed by atoms with Crippen molar-refractivity contribution in [2.24, 2.45) is 5.73 Å². The minimum atomic E-state index is -1.05. The molecule has 5 nitrogen and oxygen atoms in total. The van der Waals surface area contributed by atoms with Crippen molar-refractivity contribution < 1.29 is 14.7 Å². The molecule has 1 aromatic carbocycles. The molecule has 0 unspecified atom stereocenters. The summed E-state index contributed by atoms with van der Waals surface area (Å²) >= 11 is 0. The number of anilines is 1. The van der Waals surface area contributed by atoms with Gasteiger partial charge < -0.3 is 15.7 Å². The lowest BCUT2D eigenvalue weighted by Gasteiger charge is -2.20. The Morgan fingerprint density at radius 1 is 1.29 bits per heavy atom. The van der Waals surface area contributed by atoms with Crippen molar-refractivity contribution in [3.8, 4) is 0 Å². The van der Waals surface area contributed by atoms with Gasteiger partial charge in [0.1, 0.15) is 6.54 Å². The van der Waals surface area contributed by atoms with Gasteiger partial charge in [0, 0.05) is 18.7 Å². The molecule has 0 radical (unpaired) electrons. The first-order valence-electron chi connectivity index (χ1n) is 5.33. The number of nitrogens with two attached hydrogens (primary N) is 1. The zero-order valence-corrected chi connectivity index (χ0v) is 9.72. The standard InChI is InChI=1S/C12H16N2O3/c1-9-2-4-10(5-3-9)14(8-12(16)17)11(15)6-7-13/h2-5H,6-8,13H2,1H3,(H,16,17). The first-order valence-corrected chi connectivity index (χ1v) is 5.33. The number of carbonyl (C=O) groups is 2. The Hall–Kier alpha value is -1.88. The van der Waals surface area contributed by atoms with E-state index in [2.05, 4.69) is 0 Å². The van der Waals surface area contributed by atoms with E-state index in [0.717, 1.165) is 5.56 Å². The second-order valence-corrected chi connectivity index (χ2v) is 3.75. The molecule has 0 aliphatic carbocycles. The number of nitrogens with zero attached hydrogens (tertiary/aromatic N) is 1. The molecule has 0 spiro atoms. The number of carboxylic acids is 1. The number of aryl methyl sites for hydroxylation is 1. The van der Waals surface area contributed by atoms with Gasteiger partial charge in [0.15, 0.2) is 0 Å². The largest absolute Gasteiger partial charge is 0.480 e. The highest BCUT2D eigenvalue weighted by Crippen LogP contribution is 2.15. The summed E-state index contributed by atoms with van der Waals surface area (Å²) in [6.07, 6.45) is 0.140. The molecule has 0 saturated carbocycles. The highest BCUT2D eigenvalue weighted by atomic mass is 16.4. The zero-order valence-electron chi connectivity index (χ0n) is 9.72. The lowest BCUT2D eigenvalue weighted by molar-refractivity contribution is -0.136. The summed E-state index contributed by atoms with van der Waals surface area (Å²) in [5, 5.41) is 8.79. The minimum Gasteiger partial charge on any atom is -0.480 e. The molecule has 0 fully saturated rings. The quantitative estimate of drug-likeness (QED) is 0.790. The number of rotatable bonds is 5. The van der Waals surface area contributed by atoms with E-state index < -0.39 is 5.97 Å². The van der Waals surface area contributed by atoms with Crippen molar-refractivity contribution in [3.05, 3.63) is 29.8 Å². The van der Waals surface area contributed by atoms with E-state index in [-0.39, 0.29) is 25.4 Å². The Balaban J connectivity index is 2.92. The number of hydrogen-bond donors (Lipinski definition) is 2. The van der Waals surface area contributed by atoms with Crippen LogP contribution in [0, 0.1) is 6.92 Å². The number of aliphatic carboxylic acids is 1. The number of hydrogen-bond acceptors (Lipinski definition) is 3. The Kier molecular flexibility index (Phi) is 4.66. The molecule has 0 aliphatic heterocycles. The molecule has 0 bridgehead atoms. The summed E-state index contributed by atoms with van der Waals surface area (Å²) in [5.74, 6) is -1.32. The van der Waals surface area contributed by atoms with E-state index in [0.29, 0.717) is 5.69 Å². The third kappa shape index (κ3) is 3.88. The summed E-state index contributed by atoms with van der Waals surface area (Å²) in [7, 11) is 0. The van der Waals surface area contributed by atoms with Gasteiger partial charge in [0.05, 0.1) is 0 Å². The average molecular weight is 236 g/mol. The molecule has 1 rings (SSSR count). The number of amides is 1. The van der Waals surface area contributed by atoms with E-state index in [4.69, 9.17) is 10.8 Å². The van der Waals surface area contributed by atoms with Crippen molar-refractivity contribution in [2.75, 3.05) is 18.0 Å². The normalized spacial score (nSPS) is 10.0. The lowest BCUT2D eigenvalue weighted by atomic mass is 10.2. The molecular weight excluding hydrogens is 220 g/mol. The lowest BCUT2D eigenvalue weighted by Crippen LogP contribution is -2.36. The molecule has 0 atom stereocenters. The Bertz CT molecular complexity index is 401. The van der Waals surface area contributed by atoms with E-state index in [1.807, 2.05) is 19.1 Å². The molecule has 5 heteroatoms. The first kappa shape index (κ1) is 13.2. The maximum absolute atomic E-state index is 11.7. The smallest absolute Gasteiger partial charge is 0.323 e. The summed E-state index contributed by atoms with van der Waals surface area (Å²) in [6, 6.07) is 7.12. The second-order valence-electron chi connectivity index (χ2n) is 3.75. The van der Waals surface area contributed by atoms with Gasteiger partial charge in [-0.25, -0.2) is 0 Å². The van der Waals surface area contributed by atoms with Crippen LogP contribution in [0.4, 0.5) is 5.69 Å². The SMILES string of the molecule is Cc1ccc(N(CC(=O)O)C(=O)CCN)cc1. The maximum Gasteiger partial charge on any atom is 0.323 e. The fourth-order valence-corrected chi connectivity index (χ4v) is 1.44. The van der Waals surface area contributed by atoms with E-state index in [1.54, 1.807) is 12.1 Å². The summed E-state index contributed by atoms with van der Waals surface area (Å²) in [4.78, 5) is 23.7.